The SMILES string of the molecule is CC(C)(C)[Si](C)(C)Oc1cccc2c1C=C(C1=[C]([Zr+2])CC=C1)C2O[Si](C)(C)C(C)(C)C.[Cl-].[Cl-]. The number of hydrogen-bond acceptors (Lipinski definition) is 2. The zero-order valence-electron chi connectivity index (χ0n) is 21.8. The third-order valence-corrected chi connectivity index (χ3v) is 17.5. The van der Waals surface area contributed by atoms with Crippen LogP contribution >= 0.6 is 0 Å². The van der Waals surface area contributed by atoms with E-state index in [1.54, 1.807) is 0 Å². The van der Waals surface area contributed by atoms with Crippen LogP contribution in [0.2, 0.25) is 36.3 Å². The Morgan fingerprint density at radius 2 is 1.48 bits per heavy atom. The smallest absolute Gasteiger partial charge is 1.00 e. The predicted octanol–water partition coefficient (Wildman–Crippen LogP) is 2.30. The van der Waals surface area contributed by atoms with Crippen molar-refractivity contribution in [1.82, 2.24) is 0 Å². The Bertz CT molecular complexity index is 967. The predicted molar refractivity (Wildman–Crippen MR) is 134 cm³/mol. The monoisotopic (exact) mass is 599 g/mol. The number of benzene rings is 1. The Labute approximate surface area is 231 Å². The van der Waals surface area contributed by atoms with E-state index in [9.17, 15) is 0 Å². The molecule has 1 atom stereocenters. The van der Waals surface area contributed by atoms with Crippen LogP contribution in [0.15, 0.2) is 44.8 Å². The van der Waals surface area contributed by atoms with Gasteiger partial charge in [0, 0.05) is 0 Å². The van der Waals surface area contributed by atoms with Gasteiger partial charge >= 0.3 is 208 Å². The van der Waals surface area contributed by atoms with Crippen molar-refractivity contribution in [1.29, 1.82) is 0 Å². The molecular formula is C26H39Cl2O2Si2Zr. The van der Waals surface area contributed by atoms with E-state index in [0.717, 1.165) is 12.2 Å². The molecule has 2 aliphatic carbocycles. The van der Waals surface area contributed by atoms with E-state index in [1.165, 1.54) is 50.3 Å². The molecule has 0 heterocycles. The second-order valence-electron chi connectivity index (χ2n) is 12.0. The van der Waals surface area contributed by atoms with Crippen LogP contribution in [-0.4, -0.2) is 16.6 Å². The molecule has 181 valence electrons. The van der Waals surface area contributed by atoms with E-state index in [-0.39, 0.29) is 41.0 Å². The van der Waals surface area contributed by atoms with Gasteiger partial charge in [0.05, 0.1) is 0 Å². The van der Waals surface area contributed by atoms with Crippen LogP contribution in [0.3, 0.4) is 0 Å². The van der Waals surface area contributed by atoms with Crippen LogP contribution in [-0.2, 0) is 29.1 Å². The molecule has 0 amide bonds. The summed E-state index contributed by atoms with van der Waals surface area (Å²) < 4.78 is 15.4. The molecule has 0 bridgehead atoms. The first-order chi connectivity index (χ1) is 14.1. The molecule has 0 aromatic heterocycles. The molecule has 0 saturated carbocycles. The van der Waals surface area contributed by atoms with E-state index in [4.69, 9.17) is 8.85 Å². The maximum atomic E-state index is 7.08. The Morgan fingerprint density at radius 3 is 1.97 bits per heavy atom. The summed E-state index contributed by atoms with van der Waals surface area (Å²) in [4.78, 5) is 0. The second-order valence-corrected chi connectivity index (χ2v) is 22.9. The molecule has 0 N–H and O–H groups in total. The van der Waals surface area contributed by atoms with Crippen molar-refractivity contribution in [2.24, 2.45) is 0 Å². The van der Waals surface area contributed by atoms with E-state index in [0.29, 0.717) is 0 Å². The summed E-state index contributed by atoms with van der Waals surface area (Å²) in [7, 11) is -3.90. The molecule has 2 aliphatic rings. The maximum absolute atomic E-state index is 7.08. The Hall–Kier alpha value is 0.0969. The van der Waals surface area contributed by atoms with Gasteiger partial charge in [0.15, 0.2) is 0 Å². The van der Waals surface area contributed by atoms with Gasteiger partial charge in [0.25, 0.3) is 0 Å². The number of fused-ring (bicyclic) bond motifs is 1. The minimum Gasteiger partial charge on any atom is -1.00 e. The van der Waals surface area contributed by atoms with Gasteiger partial charge in [0.1, 0.15) is 0 Å². The summed E-state index contributed by atoms with van der Waals surface area (Å²) in [5.74, 6) is 1.02. The Morgan fingerprint density at radius 1 is 0.909 bits per heavy atom. The van der Waals surface area contributed by atoms with Gasteiger partial charge in [-0.05, 0) is 0 Å². The molecule has 1 aromatic rings. The molecular weight excluding hydrogens is 563 g/mol. The number of halogens is 2. The van der Waals surface area contributed by atoms with Crippen LogP contribution in [0.1, 0.15) is 65.2 Å². The van der Waals surface area contributed by atoms with Gasteiger partial charge in [-0.25, -0.2) is 0 Å². The number of rotatable bonds is 5. The van der Waals surface area contributed by atoms with Crippen LogP contribution < -0.4 is 29.2 Å². The van der Waals surface area contributed by atoms with Crippen LogP contribution in [0, 0.1) is 0 Å². The molecule has 0 spiro atoms. The maximum Gasteiger partial charge on any atom is -1.00 e. The molecule has 0 saturated heterocycles. The topological polar surface area (TPSA) is 18.5 Å². The van der Waals surface area contributed by atoms with Crippen LogP contribution in [0.5, 0.6) is 5.75 Å². The summed E-state index contributed by atoms with van der Waals surface area (Å²) in [6.07, 6.45) is 8.02. The van der Waals surface area contributed by atoms with Gasteiger partial charge in [-0.15, -0.1) is 0 Å². The van der Waals surface area contributed by atoms with Crippen molar-refractivity contribution in [3.8, 4) is 5.75 Å². The van der Waals surface area contributed by atoms with E-state index >= 15 is 0 Å². The molecule has 1 unspecified atom stereocenters. The van der Waals surface area contributed by atoms with E-state index in [2.05, 4.69) is 104 Å². The molecule has 0 fully saturated rings. The van der Waals surface area contributed by atoms with Crippen molar-refractivity contribution in [3.05, 3.63) is 55.9 Å². The number of hydrogen-bond donors (Lipinski definition) is 0. The van der Waals surface area contributed by atoms with Crippen molar-refractivity contribution in [2.45, 2.75) is 90.3 Å². The first-order valence-corrected chi connectivity index (χ1v) is 18.4. The summed E-state index contributed by atoms with van der Waals surface area (Å²) >= 11 is 1.50. The second kappa shape index (κ2) is 10.6. The standard InChI is InChI=1S/C26H39O2Si2.2ClH.Zr/c1-25(2,3)29(7,8)27-23-17-13-16-20-22(23)18-21(19-14-11-12-15-19)24(20)28-30(9,10)26(4,5)6;;;/h11,13-14,16-18,24H,12H2,1-10H3;2*1H;/q;;;+2/p-2. The average molecular weight is 602 g/mol. The molecule has 3 rings (SSSR count). The van der Waals surface area contributed by atoms with Gasteiger partial charge < -0.3 is 24.8 Å². The fraction of sp³-hybridized carbons (Fsp3) is 0.538. The molecule has 33 heavy (non-hydrogen) atoms. The average Bonchev–Trinajstić information content (AvgIpc) is 3.17. The van der Waals surface area contributed by atoms with Crippen molar-refractivity contribution < 1.29 is 58.4 Å². The molecule has 7 heteroatoms. The van der Waals surface area contributed by atoms with Gasteiger partial charge in [-0.1, -0.05) is 0 Å². The minimum absolute atomic E-state index is 0. The number of allylic oxidation sites excluding steroid dienone is 3. The third kappa shape index (κ3) is 6.27. The van der Waals surface area contributed by atoms with E-state index < -0.39 is 16.6 Å². The molecule has 0 aliphatic heterocycles. The van der Waals surface area contributed by atoms with Crippen LogP contribution in [0.4, 0.5) is 0 Å². The first kappa shape index (κ1) is 31.1. The zero-order chi connectivity index (χ0) is 23.4. The molecule has 1 aromatic carbocycles. The largest absolute Gasteiger partial charge is 1.00 e. The third-order valence-electron chi connectivity index (χ3n) is 7.60. The van der Waals surface area contributed by atoms with Crippen molar-refractivity contribution >= 4 is 22.7 Å². The molecule has 2 nitrogen and oxygen atoms in total. The first-order valence-electron chi connectivity index (χ1n) is 11.4. The normalized spacial score (nSPS) is 18.5. The van der Waals surface area contributed by atoms with Gasteiger partial charge in [0.2, 0.25) is 0 Å². The Kier molecular flexibility index (Phi) is 10.0. The van der Waals surface area contributed by atoms with Crippen molar-refractivity contribution in [2.75, 3.05) is 0 Å². The van der Waals surface area contributed by atoms with E-state index in [1.807, 2.05) is 0 Å². The Balaban J connectivity index is 0.00000272. The summed E-state index contributed by atoms with van der Waals surface area (Å²) in [5, 5.41) is 0.325. The van der Waals surface area contributed by atoms with Gasteiger partial charge in [-0.2, -0.15) is 0 Å². The fourth-order valence-corrected chi connectivity index (χ4v) is 6.53. The quantitative estimate of drug-likeness (QED) is 0.483. The van der Waals surface area contributed by atoms with Gasteiger partial charge in [-0.3, -0.25) is 0 Å². The summed E-state index contributed by atoms with van der Waals surface area (Å²) in [5.41, 5.74) is 5.21. The molecule has 0 radical (unpaired) electrons. The summed E-state index contributed by atoms with van der Waals surface area (Å²) in [6.45, 7) is 23.2. The zero-order valence-corrected chi connectivity index (χ0v) is 27.8. The summed E-state index contributed by atoms with van der Waals surface area (Å²) in [6, 6.07) is 6.55. The van der Waals surface area contributed by atoms with Crippen molar-refractivity contribution in [3.63, 3.8) is 0 Å². The fourth-order valence-electron chi connectivity index (χ4n) is 3.45. The minimum atomic E-state index is -1.96. The van der Waals surface area contributed by atoms with Crippen LogP contribution in [0.25, 0.3) is 6.08 Å².